The molecule has 0 bridgehead atoms. The van der Waals surface area contributed by atoms with Crippen LogP contribution in [-0.2, 0) is 0 Å². The zero-order chi connectivity index (χ0) is 14.0. The zero-order valence-corrected chi connectivity index (χ0v) is 11.3. The van der Waals surface area contributed by atoms with Crippen LogP contribution < -0.4 is 10.9 Å². The second-order valence-electron chi connectivity index (χ2n) is 4.28. The summed E-state index contributed by atoms with van der Waals surface area (Å²) in [7, 11) is 0. The largest absolute Gasteiger partial charge is 0.328 e. The first-order valence-electron chi connectivity index (χ1n) is 5.75. The summed E-state index contributed by atoms with van der Waals surface area (Å²) in [6.07, 6.45) is 1.52. The fraction of sp³-hybridized carbons (Fsp3) is 0.143. The van der Waals surface area contributed by atoms with Crippen LogP contribution in [0, 0.1) is 13.8 Å². The Balaban J connectivity index is 2.34. The van der Waals surface area contributed by atoms with Gasteiger partial charge < -0.3 is 10.3 Å². The second-order valence-corrected chi connectivity index (χ2v) is 4.71. The number of benzene rings is 1. The van der Waals surface area contributed by atoms with Gasteiger partial charge in [-0.25, -0.2) is 0 Å². The van der Waals surface area contributed by atoms with Crippen LogP contribution in [0.25, 0.3) is 0 Å². The minimum Gasteiger partial charge on any atom is -0.328 e. The molecule has 0 saturated carbocycles. The number of H-pyrrole nitrogens is 1. The summed E-state index contributed by atoms with van der Waals surface area (Å²) >= 11 is 5.85. The molecule has 5 heteroatoms. The number of halogens is 1. The summed E-state index contributed by atoms with van der Waals surface area (Å²) in [5.74, 6) is -0.426. The number of amides is 1. The Morgan fingerprint density at radius 2 is 1.95 bits per heavy atom. The van der Waals surface area contributed by atoms with Crippen LogP contribution in [0.2, 0.25) is 5.02 Å². The van der Waals surface area contributed by atoms with Gasteiger partial charge in [-0.2, -0.15) is 0 Å². The van der Waals surface area contributed by atoms with Crippen LogP contribution in [0.1, 0.15) is 21.5 Å². The van der Waals surface area contributed by atoms with Gasteiger partial charge in [-0.1, -0.05) is 11.6 Å². The number of carbonyl (C=O) groups is 1. The zero-order valence-electron chi connectivity index (χ0n) is 10.6. The highest BCUT2D eigenvalue weighted by atomic mass is 35.5. The maximum absolute atomic E-state index is 12.1. The van der Waals surface area contributed by atoms with Crippen molar-refractivity contribution in [1.82, 2.24) is 4.98 Å². The number of aromatic nitrogens is 1. The van der Waals surface area contributed by atoms with Gasteiger partial charge in [0.25, 0.3) is 11.5 Å². The standard InChI is InChI=1S/C14H13ClN2O2/c1-8-5-6-16-13(18)12(8)14(19)17-11-4-3-10(15)7-9(11)2/h3-7H,1-2H3,(H,16,18)(H,17,19). The number of nitrogens with one attached hydrogen (secondary N) is 2. The average molecular weight is 277 g/mol. The predicted molar refractivity (Wildman–Crippen MR) is 75.9 cm³/mol. The van der Waals surface area contributed by atoms with Crippen molar-refractivity contribution in [1.29, 1.82) is 0 Å². The molecule has 98 valence electrons. The first-order valence-corrected chi connectivity index (χ1v) is 6.12. The van der Waals surface area contributed by atoms with E-state index in [0.717, 1.165) is 5.56 Å². The number of aromatic amines is 1. The number of anilines is 1. The number of pyridine rings is 1. The third kappa shape index (κ3) is 2.85. The van der Waals surface area contributed by atoms with E-state index in [1.54, 1.807) is 31.2 Å². The topological polar surface area (TPSA) is 62.0 Å². The van der Waals surface area contributed by atoms with Crippen molar-refractivity contribution in [2.75, 3.05) is 5.32 Å². The average Bonchev–Trinajstić information content (AvgIpc) is 2.32. The molecule has 2 rings (SSSR count). The molecule has 0 aliphatic heterocycles. The lowest BCUT2D eigenvalue weighted by atomic mass is 10.1. The fourth-order valence-electron chi connectivity index (χ4n) is 1.81. The highest BCUT2D eigenvalue weighted by molar-refractivity contribution is 6.30. The molecule has 0 saturated heterocycles. The first kappa shape index (κ1) is 13.4. The van der Waals surface area contributed by atoms with Gasteiger partial charge in [0.2, 0.25) is 0 Å². The molecule has 4 nitrogen and oxygen atoms in total. The van der Waals surface area contributed by atoms with Gasteiger partial charge in [0.1, 0.15) is 5.56 Å². The third-order valence-corrected chi connectivity index (χ3v) is 3.07. The quantitative estimate of drug-likeness (QED) is 0.886. The van der Waals surface area contributed by atoms with Crippen LogP contribution in [0.5, 0.6) is 0 Å². The number of carbonyl (C=O) groups excluding carboxylic acids is 1. The summed E-state index contributed by atoms with van der Waals surface area (Å²) in [4.78, 5) is 26.3. The van der Waals surface area contributed by atoms with Crippen LogP contribution in [0.4, 0.5) is 5.69 Å². The lowest BCUT2D eigenvalue weighted by Gasteiger charge is -2.09. The fourth-order valence-corrected chi connectivity index (χ4v) is 2.04. The predicted octanol–water partition coefficient (Wildman–Crippen LogP) is 2.90. The summed E-state index contributed by atoms with van der Waals surface area (Å²) in [5.41, 5.74) is 1.83. The smallest absolute Gasteiger partial charge is 0.261 e. The van der Waals surface area contributed by atoms with Gasteiger partial charge in [-0.3, -0.25) is 9.59 Å². The van der Waals surface area contributed by atoms with Gasteiger partial charge in [0.15, 0.2) is 0 Å². The summed E-state index contributed by atoms with van der Waals surface area (Å²) in [6, 6.07) is 6.83. The monoisotopic (exact) mass is 276 g/mol. The first-order chi connectivity index (χ1) is 8.99. The van der Waals surface area contributed by atoms with E-state index in [2.05, 4.69) is 10.3 Å². The SMILES string of the molecule is Cc1cc(Cl)ccc1NC(=O)c1c(C)cc[nH]c1=O. The highest BCUT2D eigenvalue weighted by Crippen LogP contribution is 2.20. The number of rotatable bonds is 2. The van der Waals surface area contributed by atoms with Crippen LogP contribution in [-0.4, -0.2) is 10.9 Å². The number of hydrogen-bond acceptors (Lipinski definition) is 2. The van der Waals surface area contributed by atoms with Crippen molar-refractivity contribution in [3.05, 3.63) is 62.5 Å². The van der Waals surface area contributed by atoms with Crippen LogP contribution in [0.15, 0.2) is 35.3 Å². The van der Waals surface area contributed by atoms with E-state index >= 15 is 0 Å². The van der Waals surface area contributed by atoms with Crippen molar-refractivity contribution >= 4 is 23.2 Å². The van der Waals surface area contributed by atoms with Crippen molar-refractivity contribution in [2.45, 2.75) is 13.8 Å². The molecule has 0 aliphatic rings. The van der Waals surface area contributed by atoms with E-state index in [-0.39, 0.29) is 5.56 Å². The normalized spacial score (nSPS) is 10.3. The van der Waals surface area contributed by atoms with E-state index in [9.17, 15) is 9.59 Å². The van der Waals surface area contributed by atoms with Crippen LogP contribution in [0.3, 0.4) is 0 Å². The molecule has 0 aliphatic carbocycles. The molecule has 1 aromatic carbocycles. The van der Waals surface area contributed by atoms with Crippen molar-refractivity contribution in [3.8, 4) is 0 Å². The van der Waals surface area contributed by atoms with Gasteiger partial charge in [-0.15, -0.1) is 0 Å². The molecule has 1 heterocycles. The third-order valence-electron chi connectivity index (χ3n) is 2.83. The minimum atomic E-state index is -0.426. The van der Waals surface area contributed by atoms with Crippen molar-refractivity contribution in [2.24, 2.45) is 0 Å². The van der Waals surface area contributed by atoms with E-state index in [1.807, 2.05) is 6.92 Å². The lowest BCUT2D eigenvalue weighted by Crippen LogP contribution is -2.24. The molecule has 2 N–H and O–H groups in total. The molecule has 0 radical (unpaired) electrons. The molecule has 19 heavy (non-hydrogen) atoms. The maximum Gasteiger partial charge on any atom is 0.261 e. The molecule has 0 spiro atoms. The Morgan fingerprint density at radius 1 is 1.21 bits per heavy atom. The molecule has 0 atom stereocenters. The Kier molecular flexibility index (Phi) is 3.71. The molecule has 1 aromatic heterocycles. The van der Waals surface area contributed by atoms with Crippen molar-refractivity contribution in [3.63, 3.8) is 0 Å². The Morgan fingerprint density at radius 3 is 2.58 bits per heavy atom. The van der Waals surface area contributed by atoms with Gasteiger partial charge in [0, 0.05) is 16.9 Å². The maximum atomic E-state index is 12.1. The van der Waals surface area contributed by atoms with Gasteiger partial charge in [-0.05, 0) is 49.2 Å². The molecule has 2 aromatic rings. The Labute approximate surface area is 115 Å². The minimum absolute atomic E-state index is 0.122. The highest BCUT2D eigenvalue weighted by Gasteiger charge is 2.14. The summed E-state index contributed by atoms with van der Waals surface area (Å²) < 4.78 is 0. The Bertz CT molecular complexity index is 692. The number of aryl methyl sites for hydroxylation is 2. The molecule has 0 fully saturated rings. The lowest BCUT2D eigenvalue weighted by molar-refractivity contribution is 0.102. The Hall–Kier alpha value is -2.07. The molecular formula is C14H13ClN2O2. The molecule has 0 unspecified atom stereocenters. The summed E-state index contributed by atoms with van der Waals surface area (Å²) in [5, 5.41) is 3.32. The van der Waals surface area contributed by atoms with Crippen LogP contribution >= 0.6 is 11.6 Å². The molecule has 1 amide bonds. The van der Waals surface area contributed by atoms with E-state index in [0.29, 0.717) is 16.3 Å². The van der Waals surface area contributed by atoms with Gasteiger partial charge >= 0.3 is 0 Å². The molecular weight excluding hydrogens is 264 g/mol. The van der Waals surface area contributed by atoms with E-state index in [1.165, 1.54) is 6.20 Å². The van der Waals surface area contributed by atoms with E-state index < -0.39 is 11.5 Å². The second kappa shape index (κ2) is 5.28. The van der Waals surface area contributed by atoms with Gasteiger partial charge in [0.05, 0.1) is 0 Å². The number of hydrogen-bond donors (Lipinski definition) is 2. The van der Waals surface area contributed by atoms with E-state index in [4.69, 9.17) is 11.6 Å². The summed E-state index contributed by atoms with van der Waals surface area (Å²) in [6.45, 7) is 3.56. The van der Waals surface area contributed by atoms with Crippen molar-refractivity contribution < 1.29 is 4.79 Å².